The highest BCUT2D eigenvalue weighted by atomic mass is 32.2. The third-order valence-corrected chi connectivity index (χ3v) is 6.63. The van der Waals surface area contributed by atoms with E-state index in [0.717, 1.165) is 44.6 Å². The van der Waals surface area contributed by atoms with Crippen LogP contribution in [-0.2, 0) is 16.4 Å². The van der Waals surface area contributed by atoms with Crippen molar-refractivity contribution in [2.24, 2.45) is 0 Å². The number of rotatable bonds is 6. The molecule has 5 nitrogen and oxygen atoms in total. The smallest absolute Gasteiger partial charge is 0.241 e. The van der Waals surface area contributed by atoms with E-state index >= 15 is 0 Å². The molecule has 0 amide bonds. The first-order valence-corrected chi connectivity index (χ1v) is 10.4. The Morgan fingerprint density at radius 1 is 1.04 bits per heavy atom. The molecule has 0 spiro atoms. The predicted octanol–water partition coefficient (Wildman–Crippen LogP) is 3.93. The van der Waals surface area contributed by atoms with Crippen LogP contribution in [0.3, 0.4) is 0 Å². The predicted molar refractivity (Wildman–Crippen MR) is 109 cm³/mol. The molecule has 0 bridgehead atoms. The van der Waals surface area contributed by atoms with Crippen molar-refractivity contribution in [3.05, 3.63) is 58.3 Å². The Morgan fingerprint density at radius 3 is 2.33 bits per heavy atom. The summed E-state index contributed by atoms with van der Waals surface area (Å²) in [5.74, 6) is 0.786. The number of fused-ring (bicyclic) bond motifs is 1. The van der Waals surface area contributed by atoms with E-state index in [0.29, 0.717) is 17.9 Å². The van der Waals surface area contributed by atoms with E-state index in [4.69, 9.17) is 4.74 Å². The van der Waals surface area contributed by atoms with Crippen LogP contribution in [0, 0.1) is 27.7 Å². The number of aryl methyl sites for hydroxylation is 4. The lowest BCUT2D eigenvalue weighted by Gasteiger charge is -2.13. The van der Waals surface area contributed by atoms with Crippen LogP contribution in [0.2, 0.25) is 0 Å². The third kappa shape index (κ3) is 3.87. The van der Waals surface area contributed by atoms with Crippen LogP contribution in [0.5, 0.6) is 5.75 Å². The highest BCUT2D eigenvalue weighted by Gasteiger charge is 2.20. The van der Waals surface area contributed by atoms with Crippen molar-refractivity contribution in [2.45, 2.75) is 39.0 Å². The molecule has 3 aromatic rings. The fraction of sp³-hybridized carbons (Fsp3) is 0.333. The maximum absolute atomic E-state index is 12.8. The lowest BCUT2D eigenvalue weighted by Crippen LogP contribution is -2.27. The highest BCUT2D eigenvalue weighted by molar-refractivity contribution is 7.89. The number of methoxy groups -OCH3 is 1. The van der Waals surface area contributed by atoms with E-state index in [2.05, 4.69) is 9.71 Å². The van der Waals surface area contributed by atoms with Gasteiger partial charge in [0.2, 0.25) is 10.0 Å². The molecule has 27 heavy (non-hydrogen) atoms. The van der Waals surface area contributed by atoms with Crippen molar-refractivity contribution >= 4 is 20.9 Å². The van der Waals surface area contributed by atoms with Gasteiger partial charge in [0.15, 0.2) is 0 Å². The maximum Gasteiger partial charge on any atom is 0.241 e. The van der Waals surface area contributed by atoms with Gasteiger partial charge in [-0.3, -0.25) is 0 Å². The summed E-state index contributed by atoms with van der Waals surface area (Å²) in [6, 6.07) is 9.67. The molecule has 0 aliphatic heterocycles. The van der Waals surface area contributed by atoms with Crippen LogP contribution in [0.25, 0.3) is 10.9 Å². The summed E-state index contributed by atoms with van der Waals surface area (Å²) >= 11 is 0. The van der Waals surface area contributed by atoms with Gasteiger partial charge < -0.3 is 9.72 Å². The molecule has 2 N–H and O–H groups in total. The fourth-order valence-corrected chi connectivity index (χ4v) is 5.26. The van der Waals surface area contributed by atoms with Gasteiger partial charge in [-0.1, -0.05) is 17.7 Å². The fourth-order valence-electron chi connectivity index (χ4n) is 3.78. The van der Waals surface area contributed by atoms with Crippen LogP contribution in [-0.4, -0.2) is 27.1 Å². The summed E-state index contributed by atoms with van der Waals surface area (Å²) < 4.78 is 33.7. The first-order valence-electron chi connectivity index (χ1n) is 8.95. The lowest BCUT2D eigenvalue weighted by atomic mass is 10.1. The first-order chi connectivity index (χ1) is 12.7. The van der Waals surface area contributed by atoms with Gasteiger partial charge in [-0.2, -0.15) is 0 Å². The quantitative estimate of drug-likeness (QED) is 0.674. The van der Waals surface area contributed by atoms with Gasteiger partial charge in [-0.25, -0.2) is 13.1 Å². The summed E-state index contributed by atoms with van der Waals surface area (Å²) in [6.07, 6.45) is 0.599. The summed E-state index contributed by atoms with van der Waals surface area (Å²) in [4.78, 5) is 3.73. The second kappa shape index (κ2) is 7.37. The van der Waals surface area contributed by atoms with E-state index in [1.54, 1.807) is 7.11 Å². The van der Waals surface area contributed by atoms with Crippen LogP contribution in [0.1, 0.15) is 27.9 Å². The summed E-state index contributed by atoms with van der Waals surface area (Å²) in [6.45, 7) is 7.98. The summed E-state index contributed by atoms with van der Waals surface area (Å²) in [5.41, 5.74) is 5.77. The van der Waals surface area contributed by atoms with Crippen molar-refractivity contribution in [3.63, 3.8) is 0 Å². The molecular weight excluding hydrogens is 360 g/mol. The van der Waals surface area contributed by atoms with Gasteiger partial charge in [0.25, 0.3) is 0 Å². The van der Waals surface area contributed by atoms with Crippen LogP contribution < -0.4 is 9.46 Å². The number of aromatic amines is 1. The summed E-state index contributed by atoms with van der Waals surface area (Å²) in [5, 5.41) is 1.06. The average molecular weight is 387 g/mol. The Morgan fingerprint density at radius 2 is 1.70 bits per heavy atom. The molecule has 0 fully saturated rings. The minimum absolute atomic E-state index is 0.333. The Balaban J connectivity index is 1.82. The van der Waals surface area contributed by atoms with Crippen LogP contribution in [0.4, 0.5) is 0 Å². The van der Waals surface area contributed by atoms with Gasteiger partial charge in [0.1, 0.15) is 5.75 Å². The molecule has 0 saturated carbocycles. The van der Waals surface area contributed by atoms with Gasteiger partial charge in [-0.15, -0.1) is 0 Å². The topological polar surface area (TPSA) is 71.2 Å². The number of sulfonamides is 1. The molecule has 6 heteroatoms. The molecular formula is C21H26N2O3S. The first kappa shape index (κ1) is 19.5. The average Bonchev–Trinajstić information content (AvgIpc) is 2.88. The van der Waals surface area contributed by atoms with Gasteiger partial charge in [0.05, 0.1) is 12.0 Å². The monoisotopic (exact) mass is 386 g/mol. The van der Waals surface area contributed by atoms with E-state index < -0.39 is 10.0 Å². The normalized spacial score (nSPS) is 11.9. The Bertz CT molecular complexity index is 1080. The van der Waals surface area contributed by atoms with Crippen LogP contribution >= 0.6 is 0 Å². The highest BCUT2D eigenvalue weighted by Crippen LogP contribution is 2.27. The number of H-pyrrole nitrogens is 1. The van der Waals surface area contributed by atoms with Crippen molar-refractivity contribution in [2.75, 3.05) is 13.7 Å². The minimum Gasteiger partial charge on any atom is -0.497 e. The zero-order valence-electron chi connectivity index (χ0n) is 16.4. The molecule has 0 saturated heterocycles. The molecule has 1 aromatic heterocycles. The lowest BCUT2D eigenvalue weighted by molar-refractivity contribution is 0.415. The van der Waals surface area contributed by atoms with E-state index in [1.165, 1.54) is 0 Å². The molecule has 2 aromatic carbocycles. The molecule has 0 unspecified atom stereocenters. The Hall–Kier alpha value is -2.31. The number of aromatic nitrogens is 1. The van der Waals surface area contributed by atoms with E-state index in [-0.39, 0.29) is 0 Å². The largest absolute Gasteiger partial charge is 0.497 e. The molecule has 144 valence electrons. The summed E-state index contributed by atoms with van der Waals surface area (Å²) in [7, 11) is -1.92. The van der Waals surface area contributed by atoms with E-state index in [1.807, 2.05) is 58.0 Å². The zero-order valence-corrected chi connectivity index (χ0v) is 17.3. The number of hydrogen-bond acceptors (Lipinski definition) is 3. The molecule has 0 aliphatic carbocycles. The second-order valence-corrected chi connectivity index (χ2v) is 8.72. The Labute approximate surface area is 160 Å². The molecule has 0 aliphatic rings. The maximum atomic E-state index is 12.8. The number of hydrogen-bond donors (Lipinski definition) is 2. The molecule has 0 radical (unpaired) electrons. The molecule has 1 heterocycles. The van der Waals surface area contributed by atoms with Crippen molar-refractivity contribution in [1.82, 2.24) is 9.71 Å². The van der Waals surface area contributed by atoms with Crippen molar-refractivity contribution in [3.8, 4) is 5.75 Å². The molecule has 0 atom stereocenters. The number of ether oxygens (including phenoxy) is 1. The zero-order chi connectivity index (χ0) is 19.8. The van der Waals surface area contributed by atoms with Gasteiger partial charge in [-0.05, 0) is 69.0 Å². The van der Waals surface area contributed by atoms with Crippen LogP contribution in [0.15, 0.2) is 35.2 Å². The third-order valence-electron chi connectivity index (χ3n) is 4.87. The Kier molecular flexibility index (Phi) is 5.31. The standard InChI is InChI=1S/C21H26N2O3S/c1-13-10-14(2)21(15(3)11-13)27(24,25)22-9-8-18-16(4)23-20-7-6-17(26-5)12-19(18)20/h6-7,10-12,22-23H,8-9H2,1-5H3. The number of nitrogens with one attached hydrogen (secondary N) is 2. The second-order valence-electron chi connectivity index (χ2n) is 7.02. The number of benzene rings is 2. The molecule has 3 rings (SSSR count). The minimum atomic E-state index is -3.56. The van der Waals surface area contributed by atoms with Crippen molar-refractivity contribution in [1.29, 1.82) is 0 Å². The SMILES string of the molecule is COc1ccc2[nH]c(C)c(CCNS(=O)(=O)c3c(C)cc(C)cc3C)c2c1. The van der Waals surface area contributed by atoms with Crippen molar-refractivity contribution < 1.29 is 13.2 Å². The van der Waals surface area contributed by atoms with Gasteiger partial charge >= 0.3 is 0 Å². The van der Waals surface area contributed by atoms with Gasteiger partial charge in [0, 0.05) is 23.1 Å². The van der Waals surface area contributed by atoms with E-state index in [9.17, 15) is 8.42 Å².